The van der Waals surface area contributed by atoms with E-state index in [-0.39, 0.29) is 24.8 Å². The minimum absolute atomic E-state index is 0.00139. The van der Waals surface area contributed by atoms with Gasteiger partial charge in [0.15, 0.2) is 0 Å². The number of unbranched alkanes of at least 4 members (excludes halogenated alkanes) is 1. The number of nitrogens with one attached hydrogen (secondary N) is 1. The first kappa shape index (κ1) is 30.4. The van der Waals surface area contributed by atoms with Crippen molar-refractivity contribution in [1.29, 1.82) is 0 Å². The highest BCUT2D eigenvalue weighted by molar-refractivity contribution is 5.64. The smallest absolute Gasteiger partial charge is 0.416 e. The van der Waals surface area contributed by atoms with Crippen LogP contribution in [0.5, 0.6) is 0 Å². The molecule has 11 heteroatoms. The molecule has 1 unspecified atom stereocenters. The number of halogens is 6. The van der Waals surface area contributed by atoms with Gasteiger partial charge in [-0.05, 0) is 62.1 Å². The van der Waals surface area contributed by atoms with Crippen LogP contribution in [0.2, 0.25) is 0 Å². The van der Waals surface area contributed by atoms with Gasteiger partial charge in [0.25, 0.3) is 0 Å². The highest BCUT2D eigenvalue weighted by Crippen LogP contribution is 2.38. The Morgan fingerprint density at radius 3 is 2.05 bits per heavy atom. The fourth-order valence-corrected chi connectivity index (χ4v) is 4.03. The lowest BCUT2D eigenvalue weighted by Crippen LogP contribution is -2.47. The molecule has 2 atom stereocenters. The Hall–Kier alpha value is -2.79. The van der Waals surface area contributed by atoms with Crippen LogP contribution in [0.25, 0.3) is 0 Å². The van der Waals surface area contributed by atoms with Gasteiger partial charge in [-0.25, -0.2) is 4.79 Å². The highest BCUT2D eigenvalue weighted by Gasteiger charge is 2.38. The summed E-state index contributed by atoms with van der Waals surface area (Å²) in [6.07, 6.45) is -9.28. The van der Waals surface area contributed by atoms with Crippen molar-refractivity contribution in [2.75, 3.05) is 19.8 Å². The van der Waals surface area contributed by atoms with Crippen LogP contribution in [-0.4, -0.2) is 25.9 Å². The SMILES string of the molecule is CCC[C@](COC(C)c1cc(C(F)(F)F)cc(C(F)(F)F)c1)(NCCCCOC(N)=O)c1ccccc1. The average Bonchev–Trinajstić information content (AvgIpc) is 2.83. The van der Waals surface area contributed by atoms with Crippen LogP contribution in [0, 0.1) is 0 Å². The molecule has 3 N–H and O–H groups in total. The number of hydrogen-bond acceptors (Lipinski definition) is 4. The molecule has 0 aliphatic heterocycles. The zero-order valence-corrected chi connectivity index (χ0v) is 20.7. The molecule has 5 nitrogen and oxygen atoms in total. The van der Waals surface area contributed by atoms with Gasteiger partial charge < -0.3 is 20.5 Å². The summed E-state index contributed by atoms with van der Waals surface area (Å²) >= 11 is 0. The number of hydrogen-bond donors (Lipinski definition) is 2. The number of ether oxygens (including phenoxy) is 2. The van der Waals surface area contributed by atoms with E-state index in [9.17, 15) is 31.1 Å². The lowest BCUT2D eigenvalue weighted by Gasteiger charge is -2.36. The zero-order valence-electron chi connectivity index (χ0n) is 20.7. The minimum atomic E-state index is -4.94. The van der Waals surface area contributed by atoms with Crippen LogP contribution < -0.4 is 11.1 Å². The van der Waals surface area contributed by atoms with Crippen LogP contribution in [0.4, 0.5) is 31.1 Å². The average molecular weight is 535 g/mol. The van der Waals surface area contributed by atoms with Crippen LogP contribution in [0.15, 0.2) is 48.5 Å². The lowest BCUT2D eigenvalue weighted by atomic mass is 9.85. The third-order valence-electron chi connectivity index (χ3n) is 5.94. The van der Waals surface area contributed by atoms with Crippen LogP contribution in [-0.2, 0) is 27.4 Å². The molecule has 0 spiro atoms. The molecule has 0 aromatic heterocycles. The monoisotopic (exact) mass is 534 g/mol. The summed E-state index contributed by atoms with van der Waals surface area (Å²) in [5.41, 5.74) is 2.10. The molecule has 0 saturated heterocycles. The fourth-order valence-electron chi connectivity index (χ4n) is 4.03. The maximum atomic E-state index is 13.3. The Balaban J connectivity index is 2.28. The molecule has 0 heterocycles. The van der Waals surface area contributed by atoms with Gasteiger partial charge >= 0.3 is 18.4 Å². The van der Waals surface area contributed by atoms with E-state index in [1.54, 1.807) is 0 Å². The van der Waals surface area contributed by atoms with E-state index in [1.807, 2.05) is 37.3 Å². The predicted molar refractivity (Wildman–Crippen MR) is 127 cm³/mol. The normalized spacial score (nSPS) is 14.7. The van der Waals surface area contributed by atoms with Crippen molar-refractivity contribution in [1.82, 2.24) is 5.32 Å². The molecule has 2 aromatic rings. The van der Waals surface area contributed by atoms with E-state index in [0.717, 1.165) is 12.0 Å². The maximum absolute atomic E-state index is 13.3. The molecule has 0 fully saturated rings. The predicted octanol–water partition coefficient (Wildman–Crippen LogP) is 6.96. The van der Waals surface area contributed by atoms with E-state index in [2.05, 4.69) is 5.32 Å². The molecule has 2 rings (SSSR count). The Morgan fingerprint density at radius 1 is 0.946 bits per heavy atom. The van der Waals surface area contributed by atoms with Gasteiger partial charge in [0.2, 0.25) is 0 Å². The van der Waals surface area contributed by atoms with Crippen molar-refractivity contribution in [2.45, 2.75) is 63.5 Å². The van der Waals surface area contributed by atoms with Crippen molar-refractivity contribution < 1.29 is 40.6 Å². The van der Waals surface area contributed by atoms with Crippen molar-refractivity contribution in [3.63, 3.8) is 0 Å². The lowest BCUT2D eigenvalue weighted by molar-refractivity contribution is -0.143. The van der Waals surface area contributed by atoms with Crippen molar-refractivity contribution in [3.05, 3.63) is 70.8 Å². The quantitative estimate of drug-likeness (QED) is 0.215. The molecule has 1 amide bonds. The Bertz CT molecular complexity index is 966. The maximum Gasteiger partial charge on any atom is 0.416 e. The second kappa shape index (κ2) is 13.1. The number of carbonyl (C=O) groups excluding carboxylic acids is 1. The molecule has 37 heavy (non-hydrogen) atoms. The molecular formula is C26H32F6N2O3. The summed E-state index contributed by atoms with van der Waals surface area (Å²) in [5.74, 6) is 0. The zero-order chi connectivity index (χ0) is 27.7. The highest BCUT2D eigenvalue weighted by atomic mass is 19.4. The van der Waals surface area contributed by atoms with Gasteiger partial charge in [0.1, 0.15) is 0 Å². The van der Waals surface area contributed by atoms with Gasteiger partial charge in [-0.15, -0.1) is 0 Å². The van der Waals surface area contributed by atoms with Gasteiger partial charge in [0, 0.05) is 0 Å². The summed E-state index contributed by atoms with van der Waals surface area (Å²) < 4.78 is 90.6. The van der Waals surface area contributed by atoms with E-state index < -0.39 is 41.2 Å². The van der Waals surface area contributed by atoms with E-state index in [0.29, 0.717) is 37.9 Å². The number of carbonyl (C=O) groups is 1. The Morgan fingerprint density at radius 2 is 1.54 bits per heavy atom. The molecule has 0 saturated carbocycles. The van der Waals surface area contributed by atoms with Gasteiger partial charge in [-0.2, -0.15) is 26.3 Å². The Kier molecular flexibility index (Phi) is 10.8. The molecule has 0 bridgehead atoms. The fraction of sp³-hybridized carbons (Fsp3) is 0.500. The second-order valence-corrected chi connectivity index (χ2v) is 8.79. The number of rotatable bonds is 13. The number of benzene rings is 2. The third kappa shape index (κ3) is 9.23. The van der Waals surface area contributed by atoms with Crippen molar-refractivity contribution >= 4 is 6.09 Å². The van der Waals surface area contributed by atoms with Gasteiger partial charge in [0.05, 0.1) is 36.0 Å². The first-order valence-corrected chi connectivity index (χ1v) is 11.9. The van der Waals surface area contributed by atoms with Crippen LogP contribution in [0.3, 0.4) is 0 Å². The van der Waals surface area contributed by atoms with Gasteiger partial charge in [-0.3, -0.25) is 0 Å². The number of amides is 1. The number of primary amides is 1. The Labute approximate surface area is 212 Å². The summed E-state index contributed by atoms with van der Waals surface area (Å²) in [5, 5.41) is 3.46. The van der Waals surface area contributed by atoms with Crippen LogP contribution >= 0.6 is 0 Å². The number of alkyl halides is 6. The summed E-state index contributed by atoms with van der Waals surface area (Å²) in [4.78, 5) is 10.7. The van der Waals surface area contributed by atoms with E-state index in [1.165, 1.54) is 6.92 Å². The largest absolute Gasteiger partial charge is 0.450 e. The van der Waals surface area contributed by atoms with E-state index in [4.69, 9.17) is 15.2 Å². The van der Waals surface area contributed by atoms with Crippen molar-refractivity contribution in [2.24, 2.45) is 5.73 Å². The molecule has 206 valence electrons. The summed E-state index contributed by atoms with van der Waals surface area (Å²) in [7, 11) is 0. The topological polar surface area (TPSA) is 73.6 Å². The number of nitrogens with two attached hydrogens (primary N) is 1. The first-order chi connectivity index (χ1) is 17.3. The minimum Gasteiger partial charge on any atom is -0.450 e. The van der Waals surface area contributed by atoms with Crippen LogP contribution in [0.1, 0.15) is 67.9 Å². The molecule has 0 aliphatic rings. The third-order valence-corrected chi connectivity index (χ3v) is 5.94. The standard InChI is InChI=1S/C26H32F6N2O3/c1-3-11-24(20-9-5-4-6-10-20,34-12-7-8-13-36-23(33)35)17-37-18(2)19-14-21(25(27,28)29)16-22(15-19)26(30,31)32/h4-6,9-10,14-16,18,34H,3,7-8,11-13,17H2,1-2H3,(H2,33,35)/t18?,24-/m1/s1. The van der Waals surface area contributed by atoms with Crippen molar-refractivity contribution in [3.8, 4) is 0 Å². The molecular weight excluding hydrogens is 502 g/mol. The summed E-state index contributed by atoms with van der Waals surface area (Å²) in [6.45, 7) is 4.05. The second-order valence-electron chi connectivity index (χ2n) is 8.79. The van der Waals surface area contributed by atoms with E-state index >= 15 is 0 Å². The molecule has 0 radical (unpaired) electrons. The molecule has 2 aromatic carbocycles. The molecule has 0 aliphatic carbocycles. The summed E-state index contributed by atoms with van der Waals surface area (Å²) in [6, 6.07) is 10.8. The first-order valence-electron chi connectivity index (χ1n) is 11.9. The van der Waals surface area contributed by atoms with Gasteiger partial charge in [-0.1, -0.05) is 43.7 Å².